The summed E-state index contributed by atoms with van der Waals surface area (Å²) >= 11 is 0. The van der Waals surface area contributed by atoms with Gasteiger partial charge in [0.1, 0.15) is 5.75 Å². The standard InChI is InChI=1S/C24H31N3O3/c28-21(18-26-12-14-27(15-13-26)20-5-2-1-3-6-20)7-4-16-30-22-10-8-19-9-11-24(29)25-23(19)17-22/h1-3,5-6,8,10,17,21,28H,4,7,9,11-16,18H2,(H,25,29). The topological polar surface area (TPSA) is 65.0 Å². The monoisotopic (exact) mass is 409 g/mol. The zero-order valence-electron chi connectivity index (χ0n) is 17.4. The predicted octanol–water partition coefficient (Wildman–Crippen LogP) is 2.91. The Bertz CT molecular complexity index is 835. The second-order valence-corrected chi connectivity index (χ2v) is 8.13. The van der Waals surface area contributed by atoms with Crippen molar-refractivity contribution in [2.24, 2.45) is 0 Å². The Labute approximate surface area is 178 Å². The summed E-state index contributed by atoms with van der Waals surface area (Å²) in [6, 6.07) is 16.4. The molecule has 2 heterocycles. The maximum Gasteiger partial charge on any atom is 0.224 e. The van der Waals surface area contributed by atoms with E-state index in [1.807, 2.05) is 24.3 Å². The van der Waals surface area contributed by atoms with Gasteiger partial charge in [-0.25, -0.2) is 0 Å². The molecule has 0 spiro atoms. The quantitative estimate of drug-likeness (QED) is 0.657. The van der Waals surface area contributed by atoms with Crippen molar-refractivity contribution in [1.82, 2.24) is 4.90 Å². The number of hydrogen-bond donors (Lipinski definition) is 2. The third-order valence-electron chi connectivity index (χ3n) is 5.89. The summed E-state index contributed by atoms with van der Waals surface area (Å²) in [5.74, 6) is 0.829. The van der Waals surface area contributed by atoms with Crippen LogP contribution in [0.2, 0.25) is 0 Å². The van der Waals surface area contributed by atoms with E-state index in [1.165, 1.54) is 5.69 Å². The van der Waals surface area contributed by atoms with E-state index in [2.05, 4.69) is 39.4 Å². The van der Waals surface area contributed by atoms with Gasteiger partial charge in [0.05, 0.1) is 12.7 Å². The van der Waals surface area contributed by atoms with Crippen molar-refractivity contribution in [2.75, 3.05) is 49.5 Å². The number of amides is 1. The van der Waals surface area contributed by atoms with Crippen LogP contribution in [0, 0.1) is 0 Å². The van der Waals surface area contributed by atoms with E-state index in [4.69, 9.17) is 4.74 Å². The van der Waals surface area contributed by atoms with Crippen LogP contribution >= 0.6 is 0 Å². The van der Waals surface area contributed by atoms with Crippen LogP contribution in [0.5, 0.6) is 5.75 Å². The molecular weight excluding hydrogens is 378 g/mol. The molecule has 0 aliphatic carbocycles. The molecule has 1 fully saturated rings. The Morgan fingerprint density at radius 1 is 1.03 bits per heavy atom. The van der Waals surface area contributed by atoms with Gasteiger partial charge >= 0.3 is 0 Å². The summed E-state index contributed by atoms with van der Waals surface area (Å²) in [5, 5.41) is 13.3. The molecule has 1 saturated heterocycles. The molecule has 0 radical (unpaired) electrons. The molecule has 6 heteroatoms. The number of carbonyl (C=O) groups excluding carboxylic acids is 1. The van der Waals surface area contributed by atoms with Crippen LogP contribution in [-0.4, -0.2) is 61.3 Å². The minimum atomic E-state index is -0.334. The molecule has 4 rings (SSSR count). The lowest BCUT2D eigenvalue weighted by Crippen LogP contribution is -2.48. The first kappa shape index (κ1) is 20.7. The lowest BCUT2D eigenvalue weighted by atomic mass is 10.0. The van der Waals surface area contributed by atoms with Crippen LogP contribution in [0.25, 0.3) is 0 Å². The van der Waals surface area contributed by atoms with E-state index in [0.717, 1.165) is 62.4 Å². The van der Waals surface area contributed by atoms with E-state index in [-0.39, 0.29) is 12.0 Å². The number of anilines is 2. The lowest BCUT2D eigenvalue weighted by Gasteiger charge is -2.36. The summed E-state index contributed by atoms with van der Waals surface area (Å²) in [6.07, 6.45) is 2.52. The zero-order chi connectivity index (χ0) is 20.8. The number of β-amino-alcohol motifs (C(OH)–C–C–N with tert-alkyl or cyclic N) is 1. The van der Waals surface area contributed by atoms with E-state index < -0.39 is 0 Å². The number of carbonyl (C=O) groups is 1. The molecule has 1 atom stereocenters. The van der Waals surface area contributed by atoms with Gasteiger partial charge in [0.25, 0.3) is 0 Å². The number of fused-ring (bicyclic) bond motifs is 1. The van der Waals surface area contributed by atoms with Gasteiger partial charge in [0.15, 0.2) is 0 Å². The Morgan fingerprint density at radius 2 is 1.83 bits per heavy atom. The number of piperazine rings is 1. The molecule has 6 nitrogen and oxygen atoms in total. The molecule has 160 valence electrons. The molecular formula is C24H31N3O3. The molecule has 2 N–H and O–H groups in total. The van der Waals surface area contributed by atoms with E-state index in [9.17, 15) is 9.90 Å². The third kappa shape index (κ3) is 5.52. The predicted molar refractivity (Wildman–Crippen MR) is 119 cm³/mol. The highest BCUT2D eigenvalue weighted by Gasteiger charge is 2.19. The first-order valence-corrected chi connectivity index (χ1v) is 10.9. The van der Waals surface area contributed by atoms with Gasteiger partial charge in [-0.2, -0.15) is 0 Å². The fourth-order valence-electron chi connectivity index (χ4n) is 4.17. The number of para-hydroxylation sites is 1. The van der Waals surface area contributed by atoms with Crippen molar-refractivity contribution in [3.8, 4) is 5.75 Å². The second-order valence-electron chi connectivity index (χ2n) is 8.13. The maximum absolute atomic E-state index is 11.5. The average Bonchev–Trinajstić information content (AvgIpc) is 2.77. The molecule has 1 amide bonds. The van der Waals surface area contributed by atoms with Crippen molar-refractivity contribution in [1.29, 1.82) is 0 Å². The van der Waals surface area contributed by atoms with Gasteiger partial charge in [-0.15, -0.1) is 0 Å². The normalized spacial score (nSPS) is 17.9. The average molecular weight is 410 g/mol. The SMILES string of the molecule is O=C1CCc2ccc(OCCCC(O)CN3CCN(c4ccccc4)CC3)cc2N1. The zero-order valence-corrected chi connectivity index (χ0v) is 17.4. The number of aryl methyl sites for hydroxylation is 1. The molecule has 2 aromatic rings. The Balaban J connectivity index is 1.14. The van der Waals surface area contributed by atoms with E-state index in [1.54, 1.807) is 0 Å². The molecule has 0 bridgehead atoms. The Hall–Kier alpha value is -2.57. The molecule has 30 heavy (non-hydrogen) atoms. The number of ether oxygens (including phenoxy) is 1. The van der Waals surface area contributed by atoms with Crippen molar-refractivity contribution >= 4 is 17.3 Å². The van der Waals surface area contributed by atoms with Crippen molar-refractivity contribution in [2.45, 2.75) is 31.8 Å². The molecule has 2 aliphatic rings. The highest BCUT2D eigenvalue weighted by Crippen LogP contribution is 2.27. The summed E-state index contributed by atoms with van der Waals surface area (Å²) in [5.41, 5.74) is 3.29. The molecule has 0 saturated carbocycles. The van der Waals surface area contributed by atoms with Gasteiger partial charge in [-0.3, -0.25) is 9.69 Å². The summed E-state index contributed by atoms with van der Waals surface area (Å²) < 4.78 is 5.83. The number of nitrogens with one attached hydrogen (secondary N) is 1. The fraction of sp³-hybridized carbons (Fsp3) is 0.458. The van der Waals surface area contributed by atoms with E-state index >= 15 is 0 Å². The summed E-state index contributed by atoms with van der Waals surface area (Å²) in [4.78, 5) is 16.3. The minimum absolute atomic E-state index is 0.0624. The number of aliphatic hydroxyl groups excluding tert-OH is 1. The van der Waals surface area contributed by atoms with Crippen molar-refractivity contribution < 1.29 is 14.6 Å². The molecule has 0 aromatic heterocycles. The number of benzene rings is 2. The summed E-state index contributed by atoms with van der Waals surface area (Å²) in [6.45, 7) is 5.22. The molecule has 2 aromatic carbocycles. The third-order valence-corrected chi connectivity index (χ3v) is 5.89. The van der Waals surface area contributed by atoms with Crippen molar-refractivity contribution in [3.05, 3.63) is 54.1 Å². The fourth-order valence-corrected chi connectivity index (χ4v) is 4.17. The first-order chi connectivity index (χ1) is 14.7. The maximum atomic E-state index is 11.5. The number of nitrogens with zero attached hydrogens (tertiary/aromatic N) is 2. The highest BCUT2D eigenvalue weighted by molar-refractivity contribution is 5.94. The van der Waals surface area contributed by atoms with Crippen LogP contribution in [-0.2, 0) is 11.2 Å². The molecule has 2 aliphatic heterocycles. The van der Waals surface area contributed by atoms with Gasteiger partial charge in [0.2, 0.25) is 5.91 Å². The summed E-state index contributed by atoms with van der Waals surface area (Å²) in [7, 11) is 0. The van der Waals surface area contributed by atoms with Crippen LogP contribution < -0.4 is 15.0 Å². The largest absolute Gasteiger partial charge is 0.494 e. The first-order valence-electron chi connectivity index (χ1n) is 10.9. The van der Waals surface area contributed by atoms with Gasteiger partial charge in [0, 0.05) is 56.6 Å². The van der Waals surface area contributed by atoms with E-state index in [0.29, 0.717) is 19.6 Å². The number of hydrogen-bond acceptors (Lipinski definition) is 5. The van der Waals surface area contributed by atoms with Crippen LogP contribution in [0.15, 0.2) is 48.5 Å². The van der Waals surface area contributed by atoms with Crippen LogP contribution in [0.4, 0.5) is 11.4 Å². The second kappa shape index (κ2) is 9.96. The minimum Gasteiger partial charge on any atom is -0.494 e. The highest BCUT2D eigenvalue weighted by atomic mass is 16.5. The smallest absolute Gasteiger partial charge is 0.224 e. The van der Waals surface area contributed by atoms with Crippen LogP contribution in [0.1, 0.15) is 24.8 Å². The van der Waals surface area contributed by atoms with Gasteiger partial charge < -0.3 is 20.1 Å². The number of aliphatic hydroxyl groups is 1. The van der Waals surface area contributed by atoms with Gasteiger partial charge in [-0.05, 0) is 43.0 Å². The van der Waals surface area contributed by atoms with Gasteiger partial charge in [-0.1, -0.05) is 24.3 Å². The Kier molecular flexibility index (Phi) is 6.87. The number of rotatable bonds is 8. The van der Waals surface area contributed by atoms with Crippen molar-refractivity contribution in [3.63, 3.8) is 0 Å². The Morgan fingerprint density at radius 3 is 2.63 bits per heavy atom. The lowest BCUT2D eigenvalue weighted by molar-refractivity contribution is -0.116. The van der Waals surface area contributed by atoms with Crippen LogP contribution in [0.3, 0.4) is 0 Å². The molecule has 1 unspecified atom stereocenters.